The standard InChI is InChI=1S/C9H7ClO4S/c10-15(12,13)7-2-1-6-3-4-14-9(11)8(6)5-7/h1-2,5H,3-4H2. The van der Waals surface area contributed by atoms with Crippen LogP contribution in [0.15, 0.2) is 23.1 Å². The van der Waals surface area contributed by atoms with E-state index in [1.165, 1.54) is 12.1 Å². The minimum absolute atomic E-state index is 0.0817. The Bertz CT molecular complexity index is 521. The number of hydrogen-bond acceptors (Lipinski definition) is 4. The SMILES string of the molecule is O=C1OCCc2ccc(S(=O)(=O)Cl)cc21. The summed E-state index contributed by atoms with van der Waals surface area (Å²) in [4.78, 5) is 11.2. The van der Waals surface area contributed by atoms with Gasteiger partial charge in [0.1, 0.15) is 0 Å². The largest absolute Gasteiger partial charge is 0.462 e. The summed E-state index contributed by atoms with van der Waals surface area (Å²) in [5.74, 6) is -0.501. The smallest absolute Gasteiger partial charge is 0.338 e. The molecule has 6 heteroatoms. The minimum Gasteiger partial charge on any atom is -0.462 e. The van der Waals surface area contributed by atoms with Gasteiger partial charge in [-0.2, -0.15) is 0 Å². The fraction of sp³-hybridized carbons (Fsp3) is 0.222. The second-order valence-electron chi connectivity index (χ2n) is 3.14. The zero-order valence-electron chi connectivity index (χ0n) is 7.57. The maximum Gasteiger partial charge on any atom is 0.338 e. The molecule has 0 amide bonds. The summed E-state index contributed by atoms with van der Waals surface area (Å²) < 4.78 is 26.9. The monoisotopic (exact) mass is 246 g/mol. The van der Waals surface area contributed by atoms with Gasteiger partial charge in [-0.05, 0) is 17.7 Å². The van der Waals surface area contributed by atoms with Gasteiger partial charge < -0.3 is 4.74 Å². The maximum absolute atomic E-state index is 11.3. The number of rotatable bonds is 1. The molecule has 0 saturated heterocycles. The van der Waals surface area contributed by atoms with Crippen LogP contribution in [0.5, 0.6) is 0 Å². The van der Waals surface area contributed by atoms with Crippen molar-refractivity contribution in [3.63, 3.8) is 0 Å². The molecule has 0 saturated carbocycles. The van der Waals surface area contributed by atoms with E-state index in [4.69, 9.17) is 15.4 Å². The van der Waals surface area contributed by atoms with Crippen molar-refractivity contribution in [3.05, 3.63) is 29.3 Å². The summed E-state index contributed by atoms with van der Waals surface area (Å²) in [6.45, 7) is 0.332. The van der Waals surface area contributed by atoms with E-state index in [1.54, 1.807) is 6.07 Å². The van der Waals surface area contributed by atoms with E-state index in [0.717, 1.165) is 5.56 Å². The predicted molar refractivity (Wildman–Crippen MR) is 53.5 cm³/mol. The molecule has 0 fully saturated rings. The first-order valence-corrected chi connectivity index (χ1v) is 6.54. The highest BCUT2D eigenvalue weighted by Crippen LogP contribution is 2.22. The Morgan fingerprint density at radius 2 is 2.07 bits per heavy atom. The van der Waals surface area contributed by atoms with Crippen molar-refractivity contribution in [3.8, 4) is 0 Å². The van der Waals surface area contributed by atoms with Crippen LogP contribution in [0.3, 0.4) is 0 Å². The predicted octanol–water partition coefficient (Wildman–Crippen LogP) is 1.33. The van der Waals surface area contributed by atoms with Crippen molar-refractivity contribution < 1.29 is 17.9 Å². The molecular formula is C9H7ClO4S. The van der Waals surface area contributed by atoms with Crippen LogP contribution in [0.2, 0.25) is 0 Å². The van der Waals surface area contributed by atoms with Crippen molar-refractivity contribution in [1.29, 1.82) is 0 Å². The average Bonchev–Trinajstić information content (AvgIpc) is 2.16. The quantitative estimate of drug-likeness (QED) is 0.554. The first-order valence-electron chi connectivity index (χ1n) is 4.23. The van der Waals surface area contributed by atoms with E-state index >= 15 is 0 Å². The number of carbonyl (C=O) groups excluding carboxylic acids is 1. The van der Waals surface area contributed by atoms with E-state index < -0.39 is 15.0 Å². The van der Waals surface area contributed by atoms with E-state index in [2.05, 4.69) is 0 Å². The lowest BCUT2D eigenvalue weighted by Crippen LogP contribution is -2.17. The molecular weight excluding hydrogens is 240 g/mol. The zero-order valence-corrected chi connectivity index (χ0v) is 9.14. The second-order valence-corrected chi connectivity index (χ2v) is 5.71. The van der Waals surface area contributed by atoms with Crippen LogP contribution in [0, 0.1) is 0 Å². The van der Waals surface area contributed by atoms with Crippen LogP contribution in [-0.4, -0.2) is 21.0 Å². The molecule has 0 aliphatic carbocycles. The summed E-state index contributed by atoms with van der Waals surface area (Å²) in [7, 11) is 1.37. The lowest BCUT2D eigenvalue weighted by molar-refractivity contribution is 0.0480. The van der Waals surface area contributed by atoms with Gasteiger partial charge in [-0.25, -0.2) is 13.2 Å². The highest BCUT2D eigenvalue weighted by Gasteiger charge is 2.21. The van der Waals surface area contributed by atoms with Crippen LogP contribution < -0.4 is 0 Å². The highest BCUT2D eigenvalue weighted by molar-refractivity contribution is 8.13. The molecule has 1 aliphatic rings. The molecule has 1 aromatic carbocycles. The van der Waals surface area contributed by atoms with Crippen molar-refractivity contribution in [1.82, 2.24) is 0 Å². The number of cyclic esters (lactones) is 1. The molecule has 1 aliphatic heterocycles. The normalized spacial score (nSPS) is 15.7. The third-order valence-corrected chi connectivity index (χ3v) is 3.54. The Balaban J connectivity index is 2.58. The van der Waals surface area contributed by atoms with Gasteiger partial charge in [-0.3, -0.25) is 0 Å². The number of carbonyl (C=O) groups is 1. The Morgan fingerprint density at radius 3 is 2.73 bits per heavy atom. The number of fused-ring (bicyclic) bond motifs is 1. The molecule has 15 heavy (non-hydrogen) atoms. The van der Waals surface area contributed by atoms with Gasteiger partial charge in [-0.15, -0.1) is 0 Å². The van der Waals surface area contributed by atoms with Crippen LogP contribution >= 0.6 is 10.7 Å². The fourth-order valence-electron chi connectivity index (χ4n) is 1.45. The molecule has 0 spiro atoms. The lowest BCUT2D eigenvalue weighted by Gasteiger charge is -2.15. The first-order chi connectivity index (χ1) is 6.98. The van der Waals surface area contributed by atoms with Gasteiger partial charge in [0, 0.05) is 17.1 Å². The van der Waals surface area contributed by atoms with Gasteiger partial charge in [0.05, 0.1) is 17.1 Å². The fourth-order valence-corrected chi connectivity index (χ4v) is 2.22. The van der Waals surface area contributed by atoms with E-state index in [-0.39, 0.29) is 10.5 Å². The first kappa shape index (κ1) is 10.4. The maximum atomic E-state index is 11.3. The number of halogens is 1. The van der Waals surface area contributed by atoms with Gasteiger partial charge in [0.15, 0.2) is 0 Å². The number of esters is 1. The minimum atomic E-state index is -3.80. The van der Waals surface area contributed by atoms with Crippen LogP contribution in [0.25, 0.3) is 0 Å². The molecule has 0 bridgehead atoms. The summed E-state index contributed by atoms with van der Waals surface area (Å²) in [6.07, 6.45) is 0.601. The van der Waals surface area contributed by atoms with Gasteiger partial charge in [0.2, 0.25) is 0 Å². The van der Waals surface area contributed by atoms with Crippen molar-refractivity contribution in [2.24, 2.45) is 0 Å². The van der Waals surface area contributed by atoms with Crippen LogP contribution in [-0.2, 0) is 20.2 Å². The van der Waals surface area contributed by atoms with E-state index in [1.807, 2.05) is 0 Å². The van der Waals surface area contributed by atoms with Gasteiger partial charge in [-0.1, -0.05) is 6.07 Å². The Labute approximate surface area is 91.2 Å². The number of benzene rings is 1. The molecule has 0 aromatic heterocycles. The van der Waals surface area contributed by atoms with Crippen molar-refractivity contribution in [2.75, 3.05) is 6.61 Å². The summed E-state index contributed by atoms with van der Waals surface area (Å²) >= 11 is 0. The molecule has 1 aromatic rings. The Kier molecular flexibility index (Phi) is 2.44. The summed E-state index contributed by atoms with van der Waals surface area (Å²) in [5.41, 5.74) is 1.07. The lowest BCUT2D eigenvalue weighted by atomic mass is 10.0. The number of hydrogen-bond donors (Lipinski definition) is 0. The van der Waals surface area contributed by atoms with Crippen LogP contribution in [0.1, 0.15) is 15.9 Å². The molecule has 80 valence electrons. The van der Waals surface area contributed by atoms with E-state index in [9.17, 15) is 13.2 Å². The molecule has 0 radical (unpaired) electrons. The molecule has 1 heterocycles. The number of ether oxygens (including phenoxy) is 1. The Hall–Kier alpha value is -1.07. The second kappa shape index (κ2) is 3.50. The van der Waals surface area contributed by atoms with Crippen LogP contribution in [0.4, 0.5) is 0 Å². The van der Waals surface area contributed by atoms with Crippen molar-refractivity contribution in [2.45, 2.75) is 11.3 Å². The zero-order chi connectivity index (χ0) is 11.1. The average molecular weight is 247 g/mol. The third-order valence-electron chi connectivity index (χ3n) is 2.19. The van der Waals surface area contributed by atoms with Gasteiger partial charge in [0.25, 0.3) is 9.05 Å². The Morgan fingerprint density at radius 1 is 1.33 bits per heavy atom. The molecule has 0 unspecified atom stereocenters. The molecule has 0 N–H and O–H groups in total. The molecule has 4 nitrogen and oxygen atoms in total. The molecule has 2 rings (SSSR count). The highest BCUT2D eigenvalue weighted by atomic mass is 35.7. The third kappa shape index (κ3) is 1.98. The summed E-state index contributed by atoms with van der Waals surface area (Å²) in [6, 6.07) is 4.23. The summed E-state index contributed by atoms with van der Waals surface area (Å²) in [5, 5.41) is 0. The van der Waals surface area contributed by atoms with E-state index in [0.29, 0.717) is 13.0 Å². The van der Waals surface area contributed by atoms with Gasteiger partial charge >= 0.3 is 5.97 Å². The van der Waals surface area contributed by atoms with Crippen molar-refractivity contribution >= 4 is 25.7 Å². The topological polar surface area (TPSA) is 60.4 Å². The molecule has 0 atom stereocenters.